The summed E-state index contributed by atoms with van der Waals surface area (Å²) in [6.45, 7) is 7.91. The fourth-order valence-corrected chi connectivity index (χ4v) is 5.13. The standard InChI is InChI=1S/C28H24BN7O.C2H6/c1-18-14-21(4-7-24(18)35-12-10-29(17-30)11-13-35)36-26(37)9-3-20-16-32-23-6-5-22(34-27(23)28(20)36)19-2-8-25(31)33-15-19;1-2/h2-9,14-16H,10-13H2,1H3,(H2,31,33);1-2H3. The van der Waals surface area contributed by atoms with Crippen molar-refractivity contribution in [3.8, 4) is 22.9 Å². The molecule has 8 nitrogen and oxygen atoms in total. The second kappa shape index (κ2) is 11.0. The molecule has 2 N–H and O–H groups in total. The Morgan fingerprint density at radius 2 is 1.77 bits per heavy atom. The molecule has 5 aromatic rings. The second-order valence-corrected chi connectivity index (χ2v) is 9.47. The molecule has 1 aliphatic rings. The Hall–Kier alpha value is -4.71. The molecule has 4 aromatic heterocycles. The van der Waals surface area contributed by atoms with E-state index < -0.39 is 0 Å². The van der Waals surface area contributed by atoms with E-state index in [4.69, 9.17) is 10.7 Å². The number of nitrogens with zero attached hydrogens (tertiary/aromatic N) is 6. The van der Waals surface area contributed by atoms with Crippen molar-refractivity contribution in [1.82, 2.24) is 19.5 Å². The molecule has 0 spiro atoms. The summed E-state index contributed by atoms with van der Waals surface area (Å²) in [5.74, 6) is 2.83. The molecule has 0 saturated carbocycles. The Bertz CT molecular complexity index is 1750. The molecule has 39 heavy (non-hydrogen) atoms. The van der Waals surface area contributed by atoms with Crippen molar-refractivity contribution in [2.24, 2.45) is 0 Å². The highest BCUT2D eigenvalue weighted by Gasteiger charge is 2.23. The van der Waals surface area contributed by atoms with Gasteiger partial charge in [0.15, 0.2) is 0 Å². The number of hydrogen-bond acceptors (Lipinski definition) is 7. The maximum atomic E-state index is 13.3. The Kier molecular flexibility index (Phi) is 7.28. The topological polar surface area (TPSA) is 114 Å². The number of anilines is 2. The first-order valence-corrected chi connectivity index (χ1v) is 13.3. The molecular formula is C30H30BN7O. The SMILES string of the molecule is CC.Cc1cc(-n2c(=O)ccc3cnc4ccc(-c5ccc(N)nc5)nc4c32)ccc1N1CCB(C#N)CC1. The molecule has 9 heteroatoms. The highest BCUT2D eigenvalue weighted by molar-refractivity contribution is 6.67. The van der Waals surface area contributed by atoms with E-state index in [1.807, 2.05) is 44.2 Å². The lowest BCUT2D eigenvalue weighted by Gasteiger charge is -2.31. The summed E-state index contributed by atoms with van der Waals surface area (Å²) >= 11 is 0. The Morgan fingerprint density at radius 3 is 2.46 bits per heavy atom. The Morgan fingerprint density at radius 1 is 0.974 bits per heavy atom. The molecule has 0 amide bonds. The van der Waals surface area contributed by atoms with Crippen LogP contribution < -0.4 is 16.2 Å². The number of nitrogen functional groups attached to an aromatic ring is 1. The molecule has 0 bridgehead atoms. The number of aryl methyl sites for hydroxylation is 1. The molecule has 5 heterocycles. The molecule has 1 aromatic carbocycles. The number of pyridine rings is 4. The van der Waals surface area contributed by atoms with Gasteiger partial charge in [0.05, 0.1) is 16.7 Å². The van der Waals surface area contributed by atoms with Gasteiger partial charge in [0.1, 0.15) is 11.3 Å². The minimum atomic E-state index is -0.136. The summed E-state index contributed by atoms with van der Waals surface area (Å²) in [4.78, 5) is 29.3. The van der Waals surface area contributed by atoms with Gasteiger partial charge in [-0.3, -0.25) is 14.3 Å². The van der Waals surface area contributed by atoms with Crippen molar-refractivity contribution in [2.45, 2.75) is 33.4 Å². The van der Waals surface area contributed by atoms with Crippen LogP contribution in [0.5, 0.6) is 0 Å². The highest BCUT2D eigenvalue weighted by atomic mass is 16.1. The average molecular weight is 515 g/mol. The molecule has 0 radical (unpaired) electrons. The van der Waals surface area contributed by atoms with E-state index in [-0.39, 0.29) is 12.3 Å². The number of nitriles is 1. The van der Waals surface area contributed by atoms with Crippen LogP contribution in [0.1, 0.15) is 19.4 Å². The lowest BCUT2D eigenvalue weighted by Crippen LogP contribution is -2.36. The van der Waals surface area contributed by atoms with E-state index in [1.165, 1.54) is 0 Å². The van der Waals surface area contributed by atoms with Crippen molar-refractivity contribution in [3.63, 3.8) is 0 Å². The lowest BCUT2D eigenvalue weighted by atomic mass is 9.45. The van der Waals surface area contributed by atoms with Crippen LogP contribution in [0.3, 0.4) is 0 Å². The summed E-state index contributed by atoms with van der Waals surface area (Å²) in [6.07, 6.45) is 5.21. The van der Waals surface area contributed by atoms with Crippen LogP contribution in [0.25, 0.3) is 38.9 Å². The van der Waals surface area contributed by atoms with Gasteiger partial charge in [-0.2, -0.15) is 0 Å². The van der Waals surface area contributed by atoms with Crippen LogP contribution in [0, 0.1) is 18.2 Å². The fraction of sp³-hybridized carbons (Fsp3) is 0.233. The molecule has 194 valence electrons. The zero-order valence-electron chi connectivity index (χ0n) is 22.4. The van der Waals surface area contributed by atoms with E-state index in [1.54, 1.807) is 35.2 Å². The first kappa shape index (κ1) is 25.9. The third-order valence-corrected chi connectivity index (χ3v) is 7.10. The van der Waals surface area contributed by atoms with Gasteiger partial charge in [-0.15, -0.1) is 0 Å². The maximum Gasteiger partial charge on any atom is 0.271 e. The van der Waals surface area contributed by atoms with Gasteiger partial charge < -0.3 is 10.6 Å². The predicted molar refractivity (Wildman–Crippen MR) is 160 cm³/mol. The third kappa shape index (κ3) is 4.93. The third-order valence-electron chi connectivity index (χ3n) is 7.10. The molecule has 1 aliphatic heterocycles. The number of aromatic nitrogens is 4. The maximum absolute atomic E-state index is 13.3. The monoisotopic (exact) mass is 515 g/mol. The number of nitrogens with two attached hydrogens (primary N) is 1. The molecular weight excluding hydrogens is 485 g/mol. The fourth-order valence-electron chi connectivity index (χ4n) is 5.13. The first-order valence-electron chi connectivity index (χ1n) is 13.3. The van der Waals surface area contributed by atoms with Crippen molar-refractivity contribution in [1.29, 1.82) is 5.26 Å². The molecule has 6 rings (SSSR count). The number of rotatable bonds is 3. The van der Waals surface area contributed by atoms with Crippen LogP contribution >= 0.6 is 0 Å². The van der Waals surface area contributed by atoms with Gasteiger partial charge in [-0.05, 0) is 73.7 Å². The number of hydrogen-bond donors (Lipinski definition) is 1. The van der Waals surface area contributed by atoms with Crippen LogP contribution in [0.4, 0.5) is 11.5 Å². The van der Waals surface area contributed by atoms with Gasteiger partial charge in [-0.25, -0.2) is 15.2 Å². The van der Waals surface area contributed by atoms with Crippen LogP contribution in [-0.4, -0.2) is 39.3 Å². The average Bonchev–Trinajstić information content (AvgIpc) is 2.98. The Labute approximate surface area is 227 Å². The largest absolute Gasteiger partial charge is 0.384 e. The summed E-state index contributed by atoms with van der Waals surface area (Å²) in [5.41, 5.74) is 12.2. The molecule has 0 aliphatic carbocycles. The molecule has 0 atom stereocenters. The van der Waals surface area contributed by atoms with Crippen LogP contribution in [0.2, 0.25) is 12.6 Å². The van der Waals surface area contributed by atoms with Gasteiger partial charge >= 0.3 is 0 Å². The second-order valence-electron chi connectivity index (χ2n) is 9.47. The van der Waals surface area contributed by atoms with E-state index in [0.29, 0.717) is 22.4 Å². The zero-order valence-corrected chi connectivity index (χ0v) is 22.4. The van der Waals surface area contributed by atoms with E-state index in [2.05, 4.69) is 33.8 Å². The number of fused-ring (bicyclic) bond motifs is 3. The van der Waals surface area contributed by atoms with Crippen molar-refractivity contribution >= 4 is 40.2 Å². The quantitative estimate of drug-likeness (QED) is 0.257. The molecule has 0 unspecified atom stereocenters. The molecule has 1 saturated heterocycles. The van der Waals surface area contributed by atoms with Crippen molar-refractivity contribution in [3.05, 3.63) is 82.9 Å². The van der Waals surface area contributed by atoms with Gasteiger partial charge in [-0.1, -0.05) is 13.8 Å². The summed E-state index contributed by atoms with van der Waals surface area (Å²) in [5, 5.41) is 10.1. The minimum absolute atomic E-state index is 0.133. The smallest absolute Gasteiger partial charge is 0.271 e. The van der Waals surface area contributed by atoms with Crippen molar-refractivity contribution in [2.75, 3.05) is 23.7 Å². The van der Waals surface area contributed by atoms with Gasteiger partial charge in [0.2, 0.25) is 0 Å². The zero-order chi connectivity index (χ0) is 27.5. The van der Waals surface area contributed by atoms with E-state index >= 15 is 0 Å². The lowest BCUT2D eigenvalue weighted by molar-refractivity contribution is 0.818. The first-order chi connectivity index (χ1) is 19.0. The predicted octanol–water partition coefficient (Wildman–Crippen LogP) is 5.29. The summed E-state index contributed by atoms with van der Waals surface area (Å²) < 4.78 is 1.72. The van der Waals surface area contributed by atoms with E-state index in [0.717, 1.165) is 59.3 Å². The van der Waals surface area contributed by atoms with E-state index in [9.17, 15) is 10.1 Å². The normalized spacial score (nSPS) is 13.2. The minimum Gasteiger partial charge on any atom is -0.384 e. The summed E-state index contributed by atoms with van der Waals surface area (Å²) in [6, 6.07) is 16.9. The van der Waals surface area contributed by atoms with Crippen LogP contribution in [0.15, 0.2) is 71.8 Å². The van der Waals surface area contributed by atoms with Crippen molar-refractivity contribution < 1.29 is 0 Å². The van der Waals surface area contributed by atoms with Gasteiger partial charge in [0, 0.05) is 59.8 Å². The Balaban J connectivity index is 0.00000151. The van der Waals surface area contributed by atoms with Gasteiger partial charge in [0.25, 0.3) is 12.3 Å². The van der Waals surface area contributed by atoms with Crippen LogP contribution in [-0.2, 0) is 0 Å². The number of benzene rings is 1. The highest BCUT2D eigenvalue weighted by Crippen LogP contribution is 2.30. The summed E-state index contributed by atoms with van der Waals surface area (Å²) in [7, 11) is 0. The molecule has 1 fully saturated rings.